The van der Waals surface area contributed by atoms with Gasteiger partial charge in [0.15, 0.2) is 5.75 Å². The van der Waals surface area contributed by atoms with E-state index in [-0.39, 0.29) is 22.9 Å². The molecule has 0 bridgehead atoms. The minimum atomic E-state index is -0.568. The molecule has 1 N–H and O–H groups in total. The summed E-state index contributed by atoms with van der Waals surface area (Å²) in [6.45, 7) is 2.57. The van der Waals surface area contributed by atoms with Crippen LogP contribution in [0, 0.1) is 10.1 Å². The average Bonchev–Trinajstić information content (AvgIpc) is 2.45. The van der Waals surface area contributed by atoms with Gasteiger partial charge in [-0.25, -0.2) is 0 Å². The summed E-state index contributed by atoms with van der Waals surface area (Å²) in [4.78, 5) is 22.6. The summed E-state index contributed by atoms with van der Waals surface area (Å²) in [7, 11) is 1.35. The standard InChI is InChI=1S/C13H17BrN2O4/c1-3-10(14)6-7-15-13(17)9-4-5-12(20-2)11(8-9)16(18)19/h4-5,8,10H,3,6-7H2,1-2H3,(H,15,17). The molecule has 1 amide bonds. The van der Waals surface area contributed by atoms with Gasteiger partial charge in [0.25, 0.3) is 5.91 Å². The summed E-state index contributed by atoms with van der Waals surface area (Å²) in [5.74, 6) is -0.190. The Kier molecular flexibility index (Phi) is 6.44. The maximum absolute atomic E-state index is 11.9. The van der Waals surface area contributed by atoms with Crippen LogP contribution < -0.4 is 10.1 Å². The van der Waals surface area contributed by atoms with Gasteiger partial charge in [0.1, 0.15) is 0 Å². The van der Waals surface area contributed by atoms with Crippen molar-refractivity contribution in [2.45, 2.75) is 24.6 Å². The van der Waals surface area contributed by atoms with Crippen LogP contribution in [0.4, 0.5) is 5.69 Å². The van der Waals surface area contributed by atoms with Gasteiger partial charge in [0.2, 0.25) is 0 Å². The third-order valence-corrected chi connectivity index (χ3v) is 3.93. The van der Waals surface area contributed by atoms with Crippen molar-refractivity contribution in [2.24, 2.45) is 0 Å². The van der Waals surface area contributed by atoms with E-state index >= 15 is 0 Å². The summed E-state index contributed by atoms with van der Waals surface area (Å²) in [6, 6.07) is 4.15. The smallest absolute Gasteiger partial charge is 0.311 e. The Balaban J connectivity index is 2.74. The van der Waals surface area contributed by atoms with Gasteiger partial charge in [0.05, 0.1) is 12.0 Å². The molecule has 6 nitrogen and oxygen atoms in total. The Hall–Kier alpha value is -1.63. The molecule has 7 heteroatoms. The second kappa shape index (κ2) is 7.84. The van der Waals surface area contributed by atoms with Gasteiger partial charge >= 0.3 is 5.69 Å². The van der Waals surface area contributed by atoms with Gasteiger partial charge in [-0.2, -0.15) is 0 Å². The lowest BCUT2D eigenvalue weighted by atomic mass is 10.1. The fourth-order valence-corrected chi connectivity index (χ4v) is 1.85. The predicted molar refractivity (Wildman–Crippen MR) is 79.6 cm³/mol. The number of hydrogen-bond donors (Lipinski definition) is 1. The van der Waals surface area contributed by atoms with Crippen molar-refractivity contribution < 1.29 is 14.5 Å². The molecule has 1 atom stereocenters. The predicted octanol–water partition coefficient (Wildman–Crippen LogP) is 2.90. The molecule has 0 heterocycles. The number of nitro benzene ring substituents is 1. The molecule has 0 spiro atoms. The summed E-state index contributed by atoms with van der Waals surface area (Å²) < 4.78 is 4.89. The first-order chi connectivity index (χ1) is 9.49. The minimum Gasteiger partial charge on any atom is -0.490 e. The SMILES string of the molecule is CCC(Br)CCNC(=O)c1ccc(OC)c([N+](=O)[O-])c1. The molecule has 0 aliphatic rings. The highest BCUT2D eigenvalue weighted by atomic mass is 79.9. The lowest BCUT2D eigenvalue weighted by Crippen LogP contribution is -2.26. The van der Waals surface area contributed by atoms with E-state index in [1.54, 1.807) is 0 Å². The highest BCUT2D eigenvalue weighted by Gasteiger charge is 2.18. The van der Waals surface area contributed by atoms with Gasteiger partial charge < -0.3 is 10.1 Å². The van der Waals surface area contributed by atoms with Crippen LogP contribution in [-0.2, 0) is 0 Å². The minimum absolute atomic E-state index is 0.137. The Morgan fingerprint density at radius 1 is 1.55 bits per heavy atom. The molecule has 0 aliphatic carbocycles. The third-order valence-electron chi connectivity index (χ3n) is 2.82. The summed E-state index contributed by atoms with van der Waals surface area (Å²) in [5.41, 5.74) is 0.0344. The number of ether oxygens (including phenoxy) is 1. The lowest BCUT2D eigenvalue weighted by Gasteiger charge is -2.09. The molecule has 0 fully saturated rings. The molecular weight excluding hydrogens is 328 g/mol. The van der Waals surface area contributed by atoms with Gasteiger partial charge in [-0.1, -0.05) is 22.9 Å². The number of benzene rings is 1. The van der Waals surface area contributed by atoms with Crippen LogP contribution in [0.25, 0.3) is 0 Å². The average molecular weight is 345 g/mol. The largest absolute Gasteiger partial charge is 0.490 e. The number of hydrogen-bond acceptors (Lipinski definition) is 4. The molecule has 20 heavy (non-hydrogen) atoms. The number of alkyl halides is 1. The first-order valence-corrected chi connectivity index (χ1v) is 7.15. The number of nitrogens with one attached hydrogen (secondary N) is 1. The zero-order valence-electron chi connectivity index (χ0n) is 11.4. The summed E-state index contributed by atoms with van der Waals surface area (Å²) >= 11 is 3.48. The molecule has 1 rings (SSSR count). The topological polar surface area (TPSA) is 81.5 Å². The Morgan fingerprint density at radius 2 is 2.25 bits per heavy atom. The molecule has 0 saturated carbocycles. The highest BCUT2D eigenvalue weighted by molar-refractivity contribution is 9.09. The van der Waals surface area contributed by atoms with Crippen LogP contribution in [0.15, 0.2) is 18.2 Å². The van der Waals surface area contributed by atoms with Crippen molar-refractivity contribution in [3.05, 3.63) is 33.9 Å². The molecule has 1 unspecified atom stereocenters. The first kappa shape index (κ1) is 16.4. The summed E-state index contributed by atoms with van der Waals surface area (Å²) in [5, 5.41) is 13.6. The molecule has 0 aromatic heterocycles. The van der Waals surface area contributed by atoms with Crippen molar-refractivity contribution in [1.82, 2.24) is 5.32 Å². The van der Waals surface area contributed by atoms with Crippen LogP contribution in [0.2, 0.25) is 0 Å². The Labute approximate surface area is 125 Å². The second-order valence-corrected chi connectivity index (χ2v) is 5.49. The number of carbonyl (C=O) groups excluding carboxylic acids is 1. The zero-order valence-corrected chi connectivity index (χ0v) is 13.0. The first-order valence-electron chi connectivity index (χ1n) is 6.24. The monoisotopic (exact) mass is 344 g/mol. The van der Waals surface area contributed by atoms with Crippen molar-refractivity contribution in [2.75, 3.05) is 13.7 Å². The highest BCUT2D eigenvalue weighted by Crippen LogP contribution is 2.27. The number of nitrogens with zero attached hydrogens (tertiary/aromatic N) is 1. The van der Waals surface area contributed by atoms with E-state index in [0.29, 0.717) is 11.4 Å². The molecule has 0 saturated heterocycles. The van der Waals surface area contributed by atoms with E-state index < -0.39 is 4.92 Å². The van der Waals surface area contributed by atoms with Gasteiger partial charge in [-0.05, 0) is 25.0 Å². The zero-order chi connectivity index (χ0) is 15.1. The van der Waals surface area contributed by atoms with E-state index in [9.17, 15) is 14.9 Å². The van der Waals surface area contributed by atoms with Gasteiger partial charge in [-0.3, -0.25) is 14.9 Å². The molecule has 0 radical (unpaired) electrons. The van der Waals surface area contributed by atoms with E-state index in [2.05, 4.69) is 21.2 Å². The number of carbonyl (C=O) groups is 1. The van der Waals surface area contributed by atoms with Crippen LogP contribution in [0.1, 0.15) is 30.1 Å². The van der Waals surface area contributed by atoms with Crippen LogP contribution in [0.3, 0.4) is 0 Å². The van der Waals surface area contributed by atoms with Crippen LogP contribution in [0.5, 0.6) is 5.75 Å². The Bertz CT molecular complexity index is 493. The summed E-state index contributed by atoms with van der Waals surface area (Å²) in [6.07, 6.45) is 1.78. The molecule has 0 aliphatic heterocycles. The molecule has 1 aromatic carbocycles. The fraction of sp³-hybridized carbons (Fsp3) is 0.462. The molecular formula is C13H17BrN2O4. The van der Waals surface area contributed by atoms with Gasteiger partial charge in [-0.15, -0.1) is 0 Å². The molecule has 110 valence electrons. The van der Waals surface area contributed by atoms with Crippen molar-refractivity contribution in [3.63, 3.8) is 0 Å². The molecule has 1 aromatic rings. The van der Waals surface area contributed by atoms with E-state index in [1.165, 1.54) is 25.3 Å². The van der Waals surface area contributed by atoms with E-state index in [4.69, 9.17) is 4.74 Å². The number of halogens is 1. The van der Waals surface area contributed by atoms with Crippen molar-refractivity contribution >= 4 is 27.5 Å². The van der Waals surface area contributed by atoms with Crippen LogP contribution >= 0.6 is 15.9 Å². The maximum Gasteiger partial charge on any atom is 0.311 e. The van der Waals surface area contributed by atoms with Crippen molar-refractivity contribution in [3.8, 4) is 5.75 Å². The second-order valence-electron chi connectivity index (χ2n) is 4.19. The van der Waals surface area contributed by atoms with Crippen LogP contribution in [-0.4, -0.2) is 29.3 Å². The van der Waals surface area contributed by atoms with E-state index in [0.717, 1.165) is 12.8 Å². The quantitative estimate of drug-likeness (QED) is 0.468. The number of amides is 1. The number of methoxy groups -OCH3 is 1. The normalized spacial score (nSPS) is 11.8. The van der Waals surface area contributed by atoms with E-state index in [1.807, 2.05) is 6.92 Å². The number of rotatable bonds is 7. The maximum atomic E-state index is 11.9. The third kappa shape index (κ3) is 4.48. The van der Waals surface area contributed by atoms with Crippen molar-refractivity contribution in [1.29, 1.82) is 0 Å². The fourth-order valence-electron chi connectivity index (χ4n) is 1.62. The Morgan fingerprint density at radius 3 is 2.80 bits per heavy atom. The van der Waals surface area contributed by atoms with Gasteiger partial charge in [0, 0.05) is 23.0 Å². The lowest BCUT2D eigenvalue weighted by molar-refractivity contribution is -0.385. The number of nitro groups is 1.